The summed E-state index contributed by atoms with van der Waals surface area (Å²) in [6.45, 7) is 1.74. The molecule has 1 saturated heterocycles. The molecule has 2 heterocycles. The lowest BCUT2D eigenvalue weighted by molar-refractivity contribution is -0.138. The van der Waals surface area contributed by atoms with Gasteiger partial charge in [0.15, 0.2) is 5.17 Å². The maximum atomic E-state index is 12.6. The predicted molar refractivity (Wildman–Crippen MR) is 95.9 cm³/mol. The van der Waals surface area contributed by atoms with Crippen LogP contribution in [0, 0.1) is 0 Å². The van der Waals surface area contributed by atoms with Gasteiger partial charge in [0, 0.05) is 0 Å². The van der Waals surface area contributed by atoms with Gasteiger partial charge in [-0.25, -0.2) is 0 Å². The summed E-state index contributed by atoms with van der Waals surface area (Å²) in [5, 5.41) is 16.9. The molecule has 0 unspecified atom stereocenters. The molecule has 1 aliphatic rings. The van der Waals surface area contributed by atoms with Crippen LogP contribution < -0.4 is 4.90 Å². The molecule has 3 rings (SSSR count). The first-order chi connectivity index (χ1) is 12.1. The number of thioether (sulfide) groups is 1. The van der Waals surface area contributed by atoms with E-state index in [0.29, 0.717) is 22.3 Å². The van der Waals surface area contributed by atoms with Gasteiger partial charge in [-0.1, -0.05) is 30.0 Å². The summed E-state index contributed by atoms with van der Waals surface area (Å²) < 4.78 is 5.25. The highest BCUT2D eigenvalue weighted by atomic mass is 32.2. The van der Waals surface area contributed by atoms with Crippen LogP contribution in [0.15, 0.2) is 63.3 Å². The van der Waals surface area contributed by atoms with Gasteiger partial charge in [-0.3, -0.25) is 14.5 Å². The standard InChI is InChI=1S/C17H15N3O4S/c1-11(13-8-5-9-24-13)18-19-17-20(12-6-3-2-4-7-12)16(23)14(25-17)10-15(21)22/h2-9,14H,10H2,1H3,(H,21,22)/b18-11-,19-17+/t14-/m0/s1. The SMILES string of the molecule is C/C(=N/N=C1/S[C@@H](CC(=O)O)C(=O)N1c1ccccc1)c1ccco1. The molecule has 128 valence electrons. The molecule has 0 aliphatic carbocycles. The number of anilines is 1. The Hall–Kier alpha value is -2.87. The van der Waals surface area contributed by atoms with E-state index in [1.807, 2.05) is 6.07 Å². The molecule has 0 spiro atoms. The Bertz CT molecular complexity index is 831. The van der Waals surface area contributed by atoms with Gasteiger partial charge in [0.1, 0.15) is 16.7 Å². The van der Waals surface area contributed by atoms with Crippen LogP contribution in [0.5, 0.6) is 0 Å². The summed E-state index contributed by atoms with van der Waals surface area (Å²) in [4.78, 5) is 25.0. The van der Waals surface area contributed by atoms with E-state index in [9.17, 15) is 9.59 Å². The summed E-state index contributed by atoms with van der Waals surface area (Å²) in [6.07, 6.45) is 1.27. The average molecular weight is 357 g/mol. The third-order valence-electron chi connectivity index (χ3n) is 3.47. The minimum absolute atomic E-state index is 0.271. The molecule has 1 aliphatic heterocycles. The molecule has 25 heavy (non-hydrogen) atoms. The van der Waals surface area contributed by atoms with Crippen molar-refractivity contribution in [2.24, 2.45) is 10.2 Å². The van der Waals surface area contributed by atoms with E-state index in [1.165, 1.54) is 11.2 Å². The van der Waals surface area contributed by atoms with Crippen molar-refractivity contribution in [1.82, 2.24) is 0 Å². The molecular weight excluding hydrogens is 342 g/mol. The molecule has 0 bridgehead atoms. The average Bonchev–Trinajstić information content (AvgIpc) is 3.22. The number of amides is 1. The Balaban J connectivity index is 1.94. The third-order valence-corrected chi connectivity index (χ3v) is 4.60. The van der Waals surface area contributed by atoms with Gasteiger partial charge in [-0.05, 0) is 31.2 Å². The smallest absolute Gasteiger partial charge is 0.305 e. The van der Waals surface area contributed by atoms with E-state index in [0.717, 1.165) is 11.8 Å². The number of aliphatic carboxylic acids is 1. The van der Waals surface area contributed by atoms with E-state index in [2.05, 4.69) is 10.2 Å². The Labute approximate surface area is 148 Å². The molecule has 1 aromatic heterocycles. The van der Waals surface area contributed by atoms with E-state index in [1.54, 1.807) is 43.3 Å². The van der Waals surface area contributed by atoms with Crippen LogP contribution in [0.4, 0.5) is 5.69 Å². The van der Waals surface area contributed by atoms with Gasteiger partial charge in [0.25, 0.3) is 0 Å². The van der Waals surface area contributed by atoms with Crippen LogP contribution in [0.1, 0.15) is 19.1 Å². The van der Waals surface area contributed by atoms with Gasteiger partial charge in [0.2, 0.25) is 5.91 Å². The number of carbonyl (C=O) groups excluding carboxylic acids is 1. The molecule has 8 heteroatoms. The quantitative estimate of drug-likeness (QED) is 0.655. The third kappa shape index (κ3) is 3.80. The summed E-state index contributed by atoms with van der Waals surface area (Å²) >= 11 is 1.10. The molecule has 1 atom stereocenters. The number of benzene rings is 1. The van der Waals surface area contributed by atoms with E-state index in [4.69, 9.17) is 9.52 Å². The first-order valence-corrected chi connectivity index (χ1v) is 8.38. The summed E-state index contributed by atoms with van der Waals surface area (Å²) in [7, 11) is 0. The van der Waals surface area contributed by atoms with Gasteiger partial charge in [0.05, 0.1) is 18.4 Å². The number of furan rings is 1. The summed E-state index contributed by atoms with van der Waals surface area (Å²) in [5.74, 6) is -0.773. The van der Waals surface area contributed by atoms with Gasteiger partial charge < -0.3 is 9.52 Å². The Morgan fingerprint density at radius 2 is 2.04 bits per heavy atom. The minimum atomic E-state index is -1.03. The first kappa shape index (κ1) is 17.0. The lowest BCUT2D eigenvalue weighted by atomic mass is 10.2. The van der Waals surface area contributed by atoms with E-state index >= 15 is 0 Å². The monoisotopic (exact) mass is 357 g/mol. The number of nitrogens with zero attached hydrogens (tertiary/aromatic N) is 3. The fraction of sp³-hybridized carbons (Fsp3) is 0.176. The predicted octanol–water partition coefficient (Wildman–Crippen LogP) is 2.98. The molecule has 1 N–H and O–H groups in total. The van der Waals surface area contributed by atoms with Gasteiger partial charge in [-0.2, -0.15) is 0 Å². The molecule has 1 fully saturated rings. The van der Waals surface area contributed by atoms with Crippen molar-refractivity contribution < 1.29 is 19.1 Å². The number of carboxylic acid groups (broad SMARTS) is 1. The normalized spacial score (nSPS) is 19.6. The zero-order valence-corrected chi connectivity index (χ0v) is 14.1. The highest BCUT2D eigenvalue weighted by Crippen LogP contribution is 2.33. The van der Waals surface area contributed by atoms with Crippen LogP contribution in [-0.2, 0) is 9.59 Å². The first-order valence-electron chi connectivity index (χ1n) is 7.50. The van der Waals surface area contributed by atoms with Crippen molar-refractivity contribution in [2.75, 3.05) is 4.90 Å². The number of hydrogen-bond donors (Lipinski definition) is 1. The van der Waals surface area contributed by atoms with Crippen LogP contribution in [0.25, 0.3) is 0 Å². The molecule has 0 saturated carbocycles. The molecule has 7 nitrogen and oxygen atoms in total. The molecule has 0 radical (unpaired) electrons. The van der Waals surface area contributed by atoms with Crippen LogP contribution >= 0.6 is 11.8 Å². The molecule has 1 aromatic carbocycles. The topological polar surface area (TPSA) is 95.5 Å². The molecular formula is C17H15N3O4S. The molecule has 1 amide bonds. The largest absolute Gasteiger partial charge is 0.481 e. The second-order valence-corrected chi connectivity index (χ2v) is 6.43. The number of hydrogen-bond acceptors (Lipinski definition) is 6. The van der Waals surface area contributed by atoms with Crippen LogP contribution in [0.3, 0.4) is 0 Å². The van der Waals surface area contributed by atoms with Crippen molar-refractivity contribution in [3.8, 4) is 0 Å². The Morgan fingerprint density at radius 1 is 1.28 bits per heavy atom. The van der Waals surface area contributed by atoms with E-state index < -0.39 is 11.2 Å². The van der Waals surface area contributed by atoms with Crippen molar-refractivity contribution in [2.45, 2.75) is 18.6 Å². The van der Waals surface area contributed by atoms with Gasteiger partial charge >= 0.3 is 5.97 Å². The van der Waals surface area contributed by atoms with Crippen LogP contribution in [0.2, 0.25) is 0 Å². The van der Waals surface area contributed by atoms with Crippen LogP contribution in [-0.4, -0.2) is 33.1 Å². The van der Waals surface area contributed by atoms with E-state index in [-0.39, 0.29) is 12.3 Å². The fourth-order valence-electron chi connectivity index (χ4n) is 2.29. The van der Waals surface area contributed by atoms with Crippen molar-refractivity contribution in [3.63, 3.8) is 0 Å². The van der Waals surface area contributed by atoms with Gasteiger partial charge in [-0.15, -0.1) is 10.2 Å². The maximum Gasteiger partial charge on any atom is 0.305 e. The fourth-order valence-corrected chi connectivity index (χ4v) is 3.37. The maximum absolute atomic E-state index is 12.6. The highest BCUT2D eigenvalue weighted by molar-refractivity contribution is 8.16. The minimum Gasteiger partial charge on any atom is -0.481 e. The Kier molecular flexibility index (Phi) is 4.99. The number of carboxylic acids is 1. The lowest BCUT2D eigenvalue weighted by Gasteiger charge is -2.15. The number of para-hydroxylation sites is 1. The number of amidine groups is 1. The summed E-state index contributed by atoms with van der Waals surface area (Å²) in [5.41, 5.74) is 1.18. The zero-order valence-electron chi connectivity index (χ0n) is 13.3. The van der Waals surface area contributed by atoms with Crippen molar-refractivity contribution >= 4 is 40.2 Å². The number of rotatable bonds is 5. The Morgan fingerprint density at radius 3 is 2.68 bits per heavy atom. The lowest BCUT2D eigenvalue weighted by Crippen LogP contribution is -2.32. The second-order valence-electron chi connectivity index (χ2n) is 5.26. The zero-order chi connectivity index (χ0) is 17.8. The number of carbonyl (C=O) groups is 2. The van der Waals surface area contributed by atoms with Crippen molar-refractivity contribution in [1.29, 1.82) is 0 Å². The highest BCUT2D eigenvalue weighted by Gasteiger charge is 2.40. The van der Waals surface area contributed by atoms with Crippen molar-refractivity contribution in [3.05, 3.63) is 54.5 Å². The summed E-state index contributed by atoms with van der Waals surface area (Å²) in [6, 6.07) is 12.5. The molecule has 2 aromatic rings. The second kappa shape index (κ2) is 7.35.